The maximum atomic E-state index is 10.7. The Kier molecular flexibility index (Phi) is 3.55. The van der Waals surface area contributed by atoms with Crippen molar-refractivity contribution >= 4 is 17.8 Å². The first-order valence-electron chi connectivity index (χ1n) is 3.97. The van der Waals surface area contributed by atoms with E-state index in [-0.39, 0.29) is 19.1 Å². The summed E-state index contributed by atoms with van der Waals surface area (Å²) in [7, 11) is 1.45. The average Bonchev–Trinajstić information content (AvgIpc) is 2.44. The SMILES string of the molecule is COCC(O)CN=C1NC(=O)C(=O)N1. The van der Waals surface area contributed by atoms with Gasteiger partial charge in [0.1, 0.15) is 0 Å². The molecule has 0 aromatic rings. The number of guanidine groups is 1. The summed E-state index contributed by atoms with van der Waals surface area (Å²) in [5.74, 6) is -1.43. The Hall–Kier alpha value is -1.47. The summed E-state index contributed by atoms with van der Waals surface area (Å²) in [4.78, 5) is 25.1. The highest BCUT2D eigenvalue weighted by atomic mass is 16.5. The molecule has 1 heterocycles. The molecule has 3 N–H and O–H groups in total. The lowest BCUT2D eigenvalue weighted by atomic mass is 10.4. The lowest BCUT2D eigenvalue weighted by Gasteiger charge is -2.05. The van der Waals surface area contributed by atoms with Gasteiger partial charge in [-0.2, -0.15) is 0 Å². The summed E-state index contributed by atoms with van der Waals surface area (Å²) in [6.45, 7) is 0.211. The predicted molar refractivity (Wildman–Crippen MR) is 46.5 cm³/mol. The minimum Gasteiger partial charge on any atom is -0.389 e. The van der Waals surface area contributed by atoms with Gasteiger partial charge in [0.25, 0.3) is 0 Å². The van der Waals surface area contributed by atoms with Crippen molar-refractivity contribution in [1.82, 2.24) is 10.6 Å². The van der Waals surface area contributed by atoms with E-state index >= 15 is 0 Å². The van der Waals surface area contributed by atoms with Gasteiger partial charge in [-0.15, -0.1) is 0 Å². The number of carbonyl (C=O) groups excluding carboxylic acids is 2. The van der Waals surface area contributed by atoms with Crippen molar-refractivity contribution < 1.29 is 19.4 Å². The second-order valence-electron chi connectivity index (χ2n) is 2.71. The molecule has 0 aromatic carbocycles. The maximum Gasteiger partial charge on any atom is 0.316 e. The van der Waals surface area contributed by atoms with E-state index in [4.69, 9.17) is 0 Å². The second kappa shape index (κ2) is 4.68. The van der Waals surface area contributed by atoms with E-state index in [9.17, 15) is 14.7 Å². The number of nitrogens with zero attached hydrogens (tertiary/aromatic N) is 1. The van der Waals surface area contributed by atoms with E-state index < -0.39 is 17.9 Å². The third kappa shape index (κ3) is 2.79. The lowest BCUT2D eigenvalue weighted by Crippen LogP contribution is -2.28. The summed E-state index contributed by atoms with van der Waals surface area (Å²) in [6, 6.07) is 0. The summed E-state index contributed by atoms with van der Waals surface area (Å²) in [5, 5.41) is 13.6. The molecule has 1 saturated heterocycles. The highest BCUT2D eigenvalue weighted by molar-refractivity contribution is 6.45. The molecule has 1 unspecified atom stereocenters. The van der Waals surface area contributed by atoms with Crippen molar-refractivity contribution in [3.05, 3.63) is 0 Å². The number of ether oxygens (including phenoxy) is 1. The Morgan fingerprint density at radius 3 is 2.50 bits per heavy atom. The van der Waals surface area contributed by atoms with Gasteiger partial charge < -0.3 is 9.84 Å². The van der Waals surface area contributed by atoms with Crippen LogP contribution in [0.25, 0.3) is 0 Å². The fourth-order valence-electron chi connectivity index (χ4n) is 0.881. The largest absolute Gasteiger partial charge is 0.389 e. The molecular formula is C7H11N3O4. The standard InChI is InChI=1S/C7H11N3O4/c1-14-3-4(11)2-8-7-9-5(12)6(13)10-7/h4,11H,2-3H2,1H3,(H2,8,9,10,12,13). The van der Waals surface area contributed by atoms with Crippen LogP contribution in [0.5, 0.6) is 0 Å². The molecule has 7 heteroatoms. The highest BCUT2D eigenvalue weighted by Crippen LogP contribution is 1.88. The number of amides is 2. The second-order valence-corrected chi connectivity index (χ2v) is 2.71. The minimum atomic E-state index is -0.748. The molecular weight excluding hydrogens is 190 g/mol. The number of aliphatic hydroxyl groups is 1. The fourth-order valence-corrected chi connectivity index (χ4v) is 0.881. The van der Waals surface area contributed by atoms with Crippen LogP contribution >= 0.6 is 0 Å². The van der Waals surface area contributed by atoms with Crippen LogP contribution in [0.4, 0.5) is 0 Å². The van der Waals surface area contributed by atoms with E-state index in [0.29, 0.717) is 0 Å². The van der Waals surface area contributed by atoms with Crippen molar-refractivity contribution in [3.63, 3.8) is 0 Å². The van der Waals surface area contributed by atoms with E-state index in [0.717, 1.165) is 0 Å². The van der Waals surface area contributed by atoms with Gasteiger partial charge in [-0.1, -0.05) is 0 Å². The average molecular weight is 201 g/mol. The molecule has 0 bridgehead atoms. The Labute approximate surface area is 80.1 Å². The van der Waals surface area contributed by atoms with E-state index in [1.54, 1.807) is 0 Å². The van der Waals surface area contributed by atoms with Crippen molar-refractivity contribution in [2.75, 3.05) is 20.3 Å². The van der Waals surface area contributed by atoms with Crippen LogP contribution in [0, 0.1) is 0 Å². The zero-order chi connectivity index (χ0) is 10.6. The number of aliphatic imine (C=N–C) groups is 1. The normalized spacial score (nSPS) is 17.7. The van der Waals surface area contributed by atoms with Crippen LogP contribution in [-0.4, -0.2) is 49.2 Å². The van der Waals surface area contributed by atoms with Crippen molar-refractivity contribution in [3.8, 4) is 0 Å². The van der Waals surface area contributed by atoms with Gasteiger partial charge in [-0.25, -0.2) is 4.99 Å². The zero-order valence-corrected chi connectivity index (χ0v) is 7.61. The molecule has 7 nitrogen and oxygen atoms in total. The molecule has 0 aromatic heterocycles. The molecule has 14 heavy (non-hydrogen) atoms. The lowest BCUT2D eigenvalue weighted by molar-refractivity contribution is -0.135. The first kappa shape index (κ1) is 10.6. The predicted octanol–water partition coefficient (Wildman–Crippen LogP) is -2.40. The van der Waals surface area contributed by atoms with Gasteiger partial charge in [-0.3, -0.25) is 20.2 Å². The van der Waals surface area contributed by atoms with E-state index in [1.807, 2.05) is 0 Å². The number of aliphatic hydroxyl groups excluding tert-OH is 1. The van der Waals surface area contributed by atoms with Crippen LogP contribution < -0.4 is 10.6 Å². The Balaban J connectivity index is 2.39. The molecule has 0 saturated carbocycles. The third-order valence-electron chi connectivity index (χ3n) is 1.49. The first-order valence-corrected chi connectivity index (χ1v) is 3.97. The molecule has 1 rings (SSSR count). The van der Waals surface area contributed by atoms with Gasteiger partial charge in [0.2, 0.25) is 5.96 Å². The number of hydrogen-bond acceptors (Lipinski definition) is 5. The molecule has 0 aliphatic carbocycles. The molecule has 1 aliphatic heterocycles. The summed E-state index contributed by atoms with van der Waals surface area (Å²) < 4.78 is 4.67. The smallest absolute Gasteiger partial charge is 0.316 e. The number of methoxy groups -OCH3 is 1. The third-order valence-corrected chi connectivity index (χ3v) is 1.49. The minimum absolute atomic E-state index is 0.0593. The number of nitrogens with one attached hydrogen (secondary N) is 2. The molecule has 2 amide bonds. The van der Waals surface area contributed by atoms with Crippen molar-refractivity contribution in [2.45, 2.75) is 6.10 Å². The summed E-state index contributed by atoms with van der Waals surface area (Å²) in [5.41, 5.74) is 0. The van der Waals surface area contributed by atoms with Crippen LogP contribution in [0.15, 0.2) is 4.99 Å². The first-order chi connectivity index (χ1) is 6.63. The number of hydrogen-bond donors (Lipinski definition) is 3. The van der Waals surface area contributed by atoms with Crippen LogP contribution in [0.2, 0.25) is 0 Å². The zero-order valence-electron chi connectivity index (χ0n) is 7.61. The monoisotopic (exact) mass is 201 g/mol. The van der Waals surface area contributed by atoms with Gasteiger partial charge in [0.15, 0.2) is 0 Å². The van der Waals surface area contributed by atoms with Crippen molar-refractivity contribution in [1.29, 1.82) is 0 Å². The molecule has 1 atom stereocenters. The van der Waals surface area contributed by atoms with E-state index in [1.165, 1.54) is 7.11 Å². The topological polar surface area (TPSA) is 100 Å². The molecule has 78 valence electrons. The van der Waals surface area contributed by atoms with Crippen LogP contribution in [0.1, 0.15) is 0 Å². The van der Waals surface area contributed by atoms with Crippen LogP contribution in [0.3, 0.4) is 0 Å². The van der Waals surface area contributed by atoms with E-state index in [2.05, 4.69) is 20.4 Å². The van der Waals surface area contributed by atoms with Gasteiger partial charge in [0.05, 0.1) is 19.3 Å². The Morgan fingerprint density at radius 2 is 2.00 bits per heavy atom. The summed E-state index contributed by atoms with van der Waals surface area (Å²) in [6.07, 6.45) is -0.748. The number of rotatable bonds is 4. The highest BCUT2D eigenvalue weighted by Gasteiger charge is 2.24. The maximum absolute atomic E-state index is 10.7. The quantitative estimate of drug-likeness (QED) is 0.441. The van der Waals surface area contributed by atoms with Gasteiger partial charge >= 0.3 is 11.8 Å². The van der Waals surface area contributed by atoms with Crippen LogP contribution in [-0.2, 0) is 14.3 Å². The van der Waals surface area contributed by atoms with Gasteiger partial charge in [-0.05, 0) is 0 Å². The summed E-state index contributed by atoms with van der Waals surface area (Å²) >= 11 is 0. The number of carbonyl (C=O) groups is 2. The Morgan fingerprint density at radius 1 is 1.43 bits per heavy atom. The Bertz CT molecular complexity index is 258. The van der Waals surface area contributed by atoms with Crippen molar-refractivity contribution in [2.24, 2.45) is 4.99 Å². The fraction of sp³-hybridized carbons (Fsp3) is 0.571. The molecule has 0 radical (unpaired) electrons. The molecule has 1 aliphatic rings. The molecule has 1 fully saturated rings. The van der Waals surface area contributed by atoms with Gasteiger partial charge in [0, 0.05) is 7.11 Å². The molecule has 0 spiro atoms.